The minimum atomic E-state index is -0.498. The van der Waals surface area contributed by atoms with Crippen molar-refractivity contribution in [1.82, 2.24) is 0 Å². The first kappa shape index (κ1) is 11.3. The highest BCUT2D eigenvalue weighted by Gasteiger charge is 2.08. The summed E-state index contributed by atoms with van der Waals surface area (Å²) in [6, 6.07) is 7.40. The highest BCUT2D eigenvalue weighted by Crippen LogP contribution is 2.28. The van der Waals surface area contributed by atoms with Crippen LogP contribution in [0.25, 0.3) is 0 Å². The molecule has 2 N–H and O–H groups in total. The van der Waals surface area contributed by atoms with E-state index in [9.17, 15) is 0 Å². The molecule has 0 aliphatic heterocycles. The van der Waals surface area contributed by atoms with E-state index in [0.29, 0.717) is 18.0 Å². The van der Waals surface area contributed by atoms with Crippen LogP contribution in [0.15, 0.2) is 18.2 Å². The van der Waals surface area contributed by atoms with Gasteiger partial charge in [-0.15, -0.1) is 0 Å². The molecule has 1 unspecified atom stereocenters. The van der Waals surface area contributed by atoms with Crippen molar-refractivity contribution < 1.29 is 9.47 Å². The van der Waals surface area contributed by atoms with Gasteiger partial charge in [-0.05, 0) is 24.6 Å². The molecule has 0 saturated carbocycles. The maximum absolute atomic E-state index is 8.62. The zero-order valence-electron chi connectivity index (χ0n) is 8.86. The van der Waals surface area contributed by atoms with E-state index in [-0.39, 0.29) is 0 Å². The van der Waals surface area contributed by atoms with Crippen molar-refractivity contribution in [2.45, 2.75) is 19.6 Å². The van der Waals surface area contributed by atoms with Crippen LogP contribution in [0.4, 0.5) is 0 Å². The molecule has 0 aromatic heterocycles. The molecule has 0 fully saturated rings. The number of nitriles is 1. The molecule has 4 nitrogen and oxygen atoms in total. The summed E-state index contributed by atoms with van der Waals surface area (Å²) in [6.07, 6.45) is -0.498. The summed E-state index contributed by atoms with van der Waals surface area (Å²) < 4.78 is 10.5. The predicted molar refractivity (Wildman–Crippen MR) is 56.6 cm³/mol. The Morgan fingerprint density at radius 3 is 2.73 bits per heavy atom. The van der Waals surface area contributed by atoms with Gasteiger partial charge in [0.1, 0.15) is 6.07 Å². The fourth-order valence-corrected chi connectivity index (χ4v) is 1.15. The molecule has 1 aromatic rings. The van der Waals surface area contributed by atoms with Crippen molar-refractivity contribution >= 4 is 0 Å². The quantitative estimate of drug-likeness (QED) is 0.809. The third-order valence-electron chi connectivity index (χ3n) is 1.95. The molecule has 1 atom stereocenters. The number of ether oxygens (including phenoxy) is 2. The van der Waals surface area contributed by atoms with Crippen LogP contribution in [0.3, 0.4) is 0 Å². The first-order valence-electron chi connectivity index (χ1n) is 4.64. The van der Waals surface area contributed by atoms with Gasteiger partial charge in [0.15, 0.2) is 17.6 Å². The minimum absolute atomic E-state index is 0.449. The summed E-state index contributed by atoms with van der Waals surface area (Å²) in [6.45, 7) is 2.13. The van der Waals surface area contributed by atoms with E-state index in [4.69, 9.17) is 20.5 Å². The Hall–Kier alpha value is -1.73. The zero-order chi connectivity index (χ0) is 11.3. The Morgan fingerprint density at radius 1 is 1.47 bits per heavy atom. The first-order valence-corrected chi connectivity index (χ1v) is 4.64. The van der Waals surface area contributed by atoms with Crippen molar-refractivity contribution in [2.75, 3.05) is 7.11 Å². The summed E-state index contributed by atoms with van der Waals surface area (Å²) in [4.78, 5) is 0. The minimum Gasteiger partial charge on any atom is -0.493 e. The molecular weight excluding hydrogens is 192 g/mol. The highest BCUT2D eigenvalue weighted by molar-refractivity contribution is 5.43. The van der Waals surface area contributed by atoms with Crippen LogP contribution in [0.2, 0.25) is 0 Å². The van der Waals surface area contributed by atoms with E-state index >= 15 is 0 Å². The number of methoxy groups -OCH3 is 1. The van der Waals surface area contributed by atoms with E-state index in [2.05, 4.69) is 0 Å². The van der Waals surface area contributed by atoms with Gasteiger partial charge in [0.2, 0.25) is 0 Å². The number of nitrogens with two attached hydrogens (primary N) is 1. The second-order valence-electron chi connectivity index (χ2n) is 3.08. The van der Waals surface area contributed by atoms with Crippen molar-refractivity contribution in [3.63, 3.8) is 0 Å². The zero-order valence-corrected chi connectivity index (χ0v) is 8.86. The third-order valence-corrected chi connectivity index (χ3v) is 1.95. The highest BCUT2D eigenvalue weighted by atomic mass is 16.5. The molecular formula is C11H14N2O2. The van der Waals surface area contributed by atoms with Gasteiger partial charge in [0, 0.05) is 6.54 Å². The van der Waals surface area contributed by atoms with Crippen LogP contribution in [-0.2, 0) is 6.54 Å². The first-order chi connectivity index (χ1) is 7.21. The lowest BCUT2D eigenvalue weighted by Crippen LogP contribution is -2.09. The lowest BCUT2D eigenvalue weighted by atomic mass is 10.2. The predicted octanol–water partition coefficient (Wildman–Crippen LogP) is 1.44. The van der Waals surface area contributed by atoms with Crippen LogP contribution in [0.1, 0.15) is 12.5 Å². The molecule has 0 heterocycles. The van der Waals surface area contributed by atoms with Gasteiger partial charge in [-0.3, -0.25) is 0 Å². The molecule has 0 spiro atoms. The van der Waals surface area contributed by atoms with E-state index in [1.165, 1.54) is 0 Å². The smallest absolute Gasteiger partial charge is 0.181 e. The molecule has 1 aromatic carbocycles. The number of rotatable bonds is 4. The third kappa shape index (κ3) is 2.86. The monoisotopic (exact) mass is 206 g/mol. The van der Waals surface area contributed by atoms with E-state index in [1.807, 2.05) is 12.1 Å². The van der Waals surface area contributed by atoms with Crippen molar-refractivity contribution in [3.05, 3.63) is 23.8 Å². The number of hydrogen-bond donors (Lipinski definition) is 1. The second kappa shape index (κ2) is 5.23. The van der Waals surface area contributed by atoms with Gasteiger partial charge in [-0.25, -0.2) is 0 Å². The molecule has 0 aliphatic carbocycles. The van der Waals surface area contributed by atoms with Crippen LogP contribution in [0.5, 0.6) is 11.5 Å². The second-order valence-corrected chi connectivity index (χ2v) is 3.08. The summed E-state index contributed by atoms with van der Waals surface area (Å²) in [5.41, 5.74) is 6.46. The molecule has 80 valence electrons. The standard InChI is InChI=1S/C11H14N2O2/c1-8(6-12)15-10-4-3-9(7-13)5-11(10)14-2/h3-5,8H,7,13H2,1-2H3. The normalized spacial score (nSPS) is 11.6. The number of hydrogen-bond acceptors (Lipinski definition) is 4. The van der Waals surface area contributed by atoms with E-state index < -0.39 is 6.10 Å². The van der Waals surface area contributed by atoms with E-state index in [0.717, 1.165) is 5.56 Å². The summed E-state index contributed by atoms with van der Waals surface area (Å²) in [7, 11) is 1.56. The molecule has 0 saturated heterocycles. The average Bonchev–Trinajstić information content (AvgIpc) is 2.29. The van der Waals surface area contributed by atoms with Gasteiger partial charge in [0.25, 0.3) is 0 Å². The average molecular weight is 206 g/mol. The fraction of sp³-hybridized carbons (Fsp3) is 0.364. The van der Waals surface area contributed by atoms with Gasteiger partial charge < -0.3 is 15.2 Å². The Morgan fingerprint density at radius 2 is 2.20 bits per heavy atom. The number of nitrogens with zero attached hydrogens (tertiary/aromatic N) is 1. The lowest BCUT2D eigenvalue weighted by Gasteiger charge is -2.12. The maximum atomic E-state index is 8.62. The maximum Gasteiger partial charge on any atom is 0.181 e. The largest absolute Gasteiger partial charge is 0.493 e. The Bertz CT molecular complexity index is 371. The number of benzene rings is 1. The van der Waals surface area contributed by atoms with Crippen molar-refractivity contribution in [3.8, 4) is 17.6 Å². The van der Waals surface area contributed by atoms with Gasteiger partial charge in [0.05, 0.1) is 7.11 Å². The van der Waals surface area contributed by atoms with Crippen LogP contribution in [-0.4, -0.2) is 13.2 Å². The Labute approximate surface area is 89.2 Å². The van der Waals surface area contributed by atoms with Gasteiger partial charge in [-0.2, -0.15) is 5.26 Å². The van der Waals surface area contributed by atoms with Gasteiger partial charge in [-0.1, -0.05) is 6.07 Å². The molecule has 0 amide bonds. The summed E-state index contributed by atoms with van der Waals surface area (Å²) in [5.74, 6) is 1.16. The fourth-order valence-electron chi connectivity index (χ4n) is 1.15. The Kier molecular flexibility index (Phi) is 3.95. The van der Waals surface area contributed by atoms with Crippen molar-refractivity contribution in [2.24, 2.45) is 5.73 Å². The van der Waals surface area contributed by atoms with Crippen LogP contribution < -0.4 is 15.2 Å². The molecule has 0 aliphatic rings. The van der Waals surface area contributed by atoms with Gasteiger partial charge >= 0.3 is 0 Å². The molecule has 1 rings (SSSR count). The van der Waals surface area contributed by atoms with Crippen LogP contribution >= 0.6 is 0 Å². The Balaban J connectivity index is 2.93. The summed E-state index contributed by atoms with van der Waals surface area (Å²) in [5, 5.41) is 8.62. The van der Waals surface area contributed by atoms with Crippen molar-refractivity contribution in [1.29, 1.82) is 5.26 Å². The van der Waals surface area contributed by atoms with Crippen LogP contribution in [0, 0.1) is 11.3 Å². The molecule has 15 heavy (non-hydrogen) atoms. The topological polar surface area (TPSA) is 68.3 Å². The SMILES string of the molecule is COc1cc(CN)ccc1OC(C)C#N. The molecule has 0 radical (unpaired) electrons. The molecule has 0 bridgehead atoms. The molecule has 4 heteroatoms. The lowest BCUT2D eigenvalue weighted by molar-refractivity contribution is 0.260. The summed E-state index contributed by atoms with van der Waals surface area (Å²) >= 11 is 0. The van der Waals surface area contributed by atoms with E-state index in [1.54, 1.807) is 26.2 Å².